The van der Waals surface area contributed by atoms with Crippen molar-refractivity contribution < 1.29 is 80.2 Å². The summed E-state index contributed by atoms with van der Waals surface area (Å²) in [6.45, 7) is 11.7. The molecule has 0 amide bonds. The lowest BCUT2D eigenvalue weighted by Crippen LogP contribution is -2.30. The normalized spacial score (nSPS) is 14.3. The minimum atomic E-state index is -4.95. The number of hydrogen-bond donors (Lipinski definition) is 3. The molecule has 0 spiro atoms. The highest BCUT2D eigenvalue weighted by molar-refractivity contribution is 7.47. The van der Waals surface area contributed by atoms with Crippen LogP contribution < -0.4 is 0 Å². The van der Waals surface area contributed by atoms with E-state index in [0.717, 1.165) is 102 Å². The number of aliphatic hydroxyl groups excluding tert-OH is 1. The molecule has 0 aromatic rings. The topological polar surface area (TPSA) is 237 Å². The average Bonchev–Trinajstić information content (AvgIpc) is 3.52. The number of ether oxygens (including phenoxy) is 4. The smallest absolute Gasteiger partial charge is 0.462 e. The molecule has 510 valence electrons. The highest BCUT2D eigenvalue weighted by Crippen LogP contribution is 2.45. The van der Waals surface area contributed by atoms with Gasteiger partial charge in [0.2, 0.25) is 0 Å². The van der Waals surface area contributed by atoms with Crippen LogP contribution in [0.3, 0.4) is 0 Å². The monoisotopic (exact) mass is 1270 g/mol. The predicted octanol–water partition coefficient (Wildman–Crippen LogP) is 18.7. The molecule has 0 fully saturated rings. The molecule has 19 heteroatoms. The predicted molar refractivity (Wildman–Crippen MR) is 344 cm³/mol. The highest BCUT2D eigenvalue weighted by atomic mass is 31.2. The Balaban J connectivity index is 5.22. The van der Waals surface area contributed by atoms with E-state index in [2.05, 4.69) is 48.5 Å². The Morgan fingerprint density at radius 3 is 0.791 bits per heavy atom. The number of carbonyl (C=O) groups excluding carboxylic acids is 4. The van der Waals surface area contributed by atoms with Gasteiger partial charge in [-0.1, -0.05) is 280 Å². The van der Waals surface area contributed by atoms with Crippen molar-refractivity contribution in [1.82, 2.24) is 0 Å². The van der Waals surface area contributed by atoms with Gasteiger partial charge in [-0.15, -0.1) is 0 Å². The molecule has 0 aromatic heterocycles. The molecule has 86 heavy (non-hydrogen) atoms. The van der Waals surface area contributed by atoms with Crippen LogP contribution in [0.15, 0.2) is 0 Å². The fourth-order valence-electron chi connectivity index (χ4n) is 10.0. The first-order valence-electron chi connectivity index (χ1n) is 34.8. The zero-order valence-corrected chi connectivity index (χ0v) is 57.6. The Kier molecular flexibility index (Phi) is 56.9. The van der Waals surface area contributed by atoms with Crippen molar-refractivity contribution in [2.75, 3.05) is 39.6 Å². The summed E-state index contributed by atoms with van der Waals surface area (Å²) in [5.74, 6) is 0.0640. The summed E-state index contributed by atoms with van der Waals surface area (Å²) >= 11 is 0. The second-order valence-electron chi connectivity index (χ2n) is 25.6. The van der Waals surface area contributed by atoms with E-state index in [1.54, 1.807) is 0 Å². The summed E-state index contributed by atoms with van der Waals surface area (Å²) in [5.41, 5.74) is 0. The molecule has 3 N–H and O–H groups in total. The van der Waals surface area contributed by atoms with Crippen LogP contribution in [0, 0.1) is 17.8 Å². The van der Waals surface area contributed by atoms with Crippen molar-refractivity contribution in [1.29, 1.82) is 0 Å². The van der Waals surface area contributed by atoms with Gasteiger partial charge < -0.3 is 33.8 Å². The van der Waals surface area contributed by atoms with Crippen LogP contribution in [0.2, 0.25) is 0 Å². The molecule has 5 atom stereocenters. The van der Waals surface area contributed by atoms with Gasteiger partial charge in [0, 0.05) is 25.7 Å². The summed E-state index contributed by atoms with van der Waals surface area (Å²) < 4.78 is 68.1. The zero-order chi connectivity index (χ0) is 63.8. The Bertz CT molecular complexity index is 1700. The minimum absolute atomic E-state index is 0.102. The number of esters is 4. The van der Waals surface area contributed by atoms with Crippen LogP contribution in [-0.2, 0) is 65.4 Å². The maximum Gasteiger partial charge on any atom is 0.472 e. The van der Waals surface area contributed by atoms with E-state index in [4.69, 9.17) is 37.0 Å². The molecule has 0 aliphatic carbocycles. The molecule has 0 saturated heterocycles. The molecule has 0 bridgehead atoms. The number of phosphoric ester groups is 2. The van der Waals surface area contributed by atoms with E-state index in [1.165, 1.54) is 141 Å². The van der Waals surface area contributed by atoms with Crippen LogP contribution >= 0.6 is 15.6 Å². The number of aliphatic hydroxyl groups is 1. The fourth-order valence-corrected chi connectivity index (χ4v) is 11.6. The number of carbonyl (C=O) groups is 4. The second kappa shape index (κ2) is 58.2. The summed E-state index contributed by atoms with van der Waals surface area (Å²) in [6, 6.07) is 0. The van der Waals surface area contributed by atoms with Gasteiger partial charge in [0.25, 0.3) is 0 Å². The standard InChI is InChI=1S/C67H130O17P2/c1-8-9-10-11-12-19-26-34-41-48-64(69)77-55-63(84-67(72)51-44-37-30-29-33-40-47-60(6)7)57-82-86(75,76)80-53-61(68)52-79-85(73,74)81-56-62(54-78-65(70)49-42-35-27-23-18-21-25-32-39-46-59(4)5)83-66(71)50-43-36-28-22-17-15-13-14-16-20-24-31-38-45-58(2)3/h58-63,68H,8-57H2,1-7H3,(H,73,74)(H,75,76)/t61-,62-,63-/m1/s1. The van der Waals surface area contributed by atoms with Crippen molar-refractivity contribution in [2.45, 2.75) is 349 Å². The van der Waals surface area contributed by atoms with E-state index in [0.29, 0.717) is 31.6 Å². The lowest BCUT2D eigenvalue weighted by atomic mass is 10.0. The molecular formula is C67H130O17P2. The van der Waals surface area contributed by atoms with Gasteiger partial charge in [-0.05, 0) is 43.4 Å². The van der Waals surface area contributed by atoms with Crippen molar-refractivity contribution in [3.05, 3.63) is 0 Å². The fraction of sp³-hybridized carbons (Fsp3) is 0.940. The molecule has 0 aliphatic heterocycles. The Hall–Kier alpha value is -1.94. The number of hydrogen-bond acceptors (Lipinski definition) is 15. The quantitative estimate of drug-likeness (QED) is 0.0222. The lowest BCUT2D eigenvalue weighted by Gasteiger charge is -2.21. The van der Waals surface area contributed by atoms with Crippen molar-refractivity contribution in [2.24, 2.45) is 17.8 Å². The summed E-state index contributed by atoms with van der Waals surface area (Å²) in [6.07, 6.45) is 40.5. The first-order valence-corrected chi connectivity index (χ1v) is 37.8. The van der Waals surface area contributed by atoms with Gasteiger partial charge in [-0.3, -0.25) is 37.3 Å². The van der Waals surface area contributed by atoms with E-state index in [1.807, 2.05) is 0 Å². The molecular weight excluding hydrogens is 1140 g/mol. The van der Waals surface area contributed by atoms with Crippen molar-refractivity contribution >= 4 is 39.5 Å². The number of phosphoric acid groups is 2. The number of unbranched alkanes of at least 4 members (excludes halogenated alkanes) is 33. The molecule has 0 aromatic carbocycles. The summed E-state index contributed by atoms with van der Waals surface area (Å²) in [4.78, 5) is 72.3. The van der Waals surface area contributed by atoms with Gasteiger partial charge in [-0.25, -0.2) is 9.13 Å². The van der Waals surface area contributed by atoms with E-state index < -0.39 is 97.5 Å². The second-order valence-corrected chi connectivity index (χ2v) is 28.5. The minimum Gasteiger partial charge on any atom is -0.462 e. The first kappa shape index (κ1) is 84.1. The zero-order valence-electron chi connectivity index (χ0n) is 55.8. The molecule has 0 rings (SSSR count). The van der Waals surface area contributed by atoms with Crippen LogP contribution in [-0.4, -0.2) is 96.7 Å². The van der Waals surface area contributed by atoms with E-state index in [9.17, 15) is 43.2 Å². The van der Waals surface area contributed by atoms with E-state index in [-0.39, 0.29) is 25.7 Å². The maximum atomic E-state index is 13.0. The molecule has 0 radical (unpaired) electrons. The third-order valence-corrected chi connectivity index (χ3v) is 17.3. The SMILES string of the molecule is CCCCCCCCCCCC(=O)OC[C@H](COP(=O)(O)OC[C@H](O)COP(=O)(O)OC[C@@H](COC(=O)CCCCCCCCCCCC(C)C)OC(=O)CCCCCCCCCCCCCCCC(C)C)OC(=O)CCCCCCCCC(C)C. The van der Waals surface area contributed by atoms with Crippen LogP contribution in [0.4, 0.5) is 0 Å². The molecule has 17 nitrogen and oxygen atoms in total. The summed E-state index contributed by atoms with van der Waals surface area (Å²) in [5, 5.41) is 10.5. The van der Waals surface area contributed by atoms with Gasteiger partial charge >= 0.3 is 39.5 Å². The maximum absolute atomic E-state index is 13.0. The number of rotatable bonds is 65. The average molecular weight is 1270 g/mol. The third-order valence-electron chi connectivity index (χ3n) is 15.4. The lowest BCUT2D eigenvalue weighted by molar-refractivity contribution is -0.161. The summed E-state index contributed by atoms with van der Waals surface area (Å²) in [7, 11) is -9.89. The van der Waals surface area contributed by atoms with E-state index >= 15 is 0 Å². The Labute approximate surface area is 524 Å². The highest BCUT2D eigenvalue weighted by Gasteiger charge is 2.30. The molecule has 2 unspecified atom stereocenters. The molecule has 0 saturated carbocycles. The first-order chi connectivity index (χ1) is 41.2. The van der Waals surface area contributed by atoms with Crippen LogP contribution in [0.5, 0.6) is 0 Å². The van der Waals surface area contributed by atoms with Crippen LogP contribution in [0.25, 0.3) is 0 Å². The van der Waals surface area contributed by atoms with Gasteiger partial charge in [0.05, 0.1) is 26.4 Å². The van der Waals surface area contributed by atoms with Crippen LogP contribution in [0.1, 0.15) is 331 Å². The molecule has 0 aliphatic rings. The third kappa shape index (κ3) is 60.9. The van der Waals surface area contributed by atoms with Gasteiger partial charge in [0.15, 0.2) is 12.2 Å². The van der Waals surface area contributed by atoms with Crippen molar-refractivity contribution in [3.8, 4) is 0 Å². The Morgan fingerprint density at radius 2 is 0.535 bits per heavy atom. The molecule has 0 heterocycles. The van der Waals surface area contributed by atoms with Crippen molar-refractivity contribution in [3.63, 3.8) is 0 Å². The largest absolute Gasteiger partial charge is 0.472 e. The van der Waals surface area contributed by atoms with Gasteiger partial charge in [-0.2, -0.15) is 0 Å². The van der Waals surface area contributed by atoms with Gasteiger partial charge in [0.1, 0.15) is 19.3 Å². The Morgan fingerprint density at radius 1 is 0.314 bits per heavy atom.